The summed E-state index contributed by atoms with van der Waals surface area (Å²) in [4.78, 5) is 7.14. The Morgan fingerprint density at radius 1 is 1.21 bits per heavy atom. The lowest BCUT2D eigenvalue weighted by molar-refractivity contribution is -0.186. The molecule has 3 aromatic rings. The lowest BCUT2D eigenvalue weighted by atomic mass is 9.92. The minimum absolute atomic E-state index is 0.0930. The van der Waals surface area contributed by atoms with Gasteiger partial charge in [-0.15, -0.1) is 0 Å². The summed E-state index contributed by atoms with van der Waals surface area (Å²) < 4.78 is 41.1. The molecule has 1 aliphatic rings. The Bertz CT molecular complexity index is 939. The topological polar surface area (TPSA) is 66.7 Å². The van der Waals surface area contributed by atoms with Crippen LogP contribution in [0.1, 0.15) is 36.8 Å². The quantitative estimate of drug-likeness (QED) is 0.670. The van der Waals surface area contributed by atoms with Crippen molar-refractivity contribution >= 4 is 0 Å². The molecular formula is C20H21F3N4O. The Balaban J connectivity index is 1.46. The number of benzene rings is 1. The fourth-order valence-electron chi connectivity index (χ4n) is 3.48. The molecule has 2 aromatic heterocycles. The number of imidazole rings is 1. The van der Waals surface area contributed by atoms with Crippen molar-refractivity contribution in [2.75, 3.05) is 0 Å². The zero-order valence-electron chi connectivity index (χ0n) is 15.4. The largest absolute Gasteiger partial charge is 0.394 e. The van der Waals surface area contributed by atoms with E-state index in [4.69, 9.17) is 0 Å². The van der Waals surface area contributed by atoms with Crippen molar-refractivity contribution in [3.63, 3.8) is 0 Å². The highest BCUT2D eigenvalue weighted by Gasteiger charge is 2.62. The van der Waals surface area contributed by atoms with Gasteiger partial charge in [-0.2, -0.15) is 18.3 Å². The molecule has 5 nitrogen and oxygen atoms in total. The van der Waals surface area contributed by atoms with Crippen molar-refractivity contribution in [3.8, 4) is 5.69 Å². The zero-order valence-corrected chi connectivity index (χ0v) is 15.4. The molecule has 1 atom stereocenters. The van der Waals surface area contributed by atoms with Gasteiger partial charge in [0.1, 0.15) is 5.82 Å². The van der Waals surface area contributed by atoms with E-state index in [0.29, 0.717) is 17.1 Å². The molecule has 148 valence electrons. The Hall–Kier alpha value is -2.61. The van der Waals surface area contributed by atoms with Gasteiger partial charge in [0.15, 0.2) is 0 Å². The summed E-state index contributed by atoms with van der Waals surface area (Å²) >= 11 is 0. The molecule has 0 spiro atoms. The number of nitrogens with zero attached hydrogens (tertiary/aromatic N) is 3. The van der Waals surface area contributed by atoms with Crippen LogP contribution in [-0.4, -0.2) is 31.0 Å². The van der Waals surface area contributed by atoms with E-state index in [9.17, 15) is 18.3 Å². The van der Waals surface area contributed by atoms with Crippen molar-refractivity contribution in [3.05, 3.63) is 66.0 Å². The molecule has 2 N–H and O–H groups in total. The summed E-state index contributed by atoms with van der Waals surface area (Å²) in [5.74, 6) is 0.467. The molecule has 28 heavy (non-hydrogen) atoms. The van der Waals surface area contributed by atoms with E-state index < -0.39 is 17.2 Å². The molecule has 0 amide bonds. The molecule has 1 saturated carbocycles. The molecule has 0 bridgehead atoms. The van der Waals surface area contributed by atoms with Crippen LogP contribution < -0.4 is 0 Å². The SMILES string of the molecule is C[C@](O)(Cc1ncc(CC2(C(F)(F)F)CC2)[nH]1)c1ccc(-n2cccn2)cc1. The van der Waals surface area contributed by atoms with Crippen LogP contribution >= 0.6 is 0 Å². The number of alkyl halides is 3. The predicted octanol–water partition coefficient (Wildman–Crippen LogP) is 3.93. The first-order valence-corrected chi connectivity index (χ1v) is 9.11. The third kappa shape index (κ3) is 3.56. The summed E-state index contributed by atoms with van der Waals surface area (Å²) in [5, 5.41) is 15.0. The van der Waals surface area contributed by atoms with E-state index in [-0.39, 0.29) is 25.7 Å². The van der Waals surface area contributed by atoms with Crippen molar-refractivity contribution in [1.29, 1.82) is 0 Å². The molecular weight excluding hydrogens is 369 g/mol. The van der Waals surface area contributed by atoms with Gasteiger partial charge in [0.25, 0.3) is 0 Å². The Morgan fingerprint density at radius 2 is 1.93 bits per heavy atom. The highest BCUT2D eigenvalue weighted by atomic mass is 19.4. The predicted molar refractivity (Wildman–Crippen MR) is 96.9 cm³/mol. The molecule has 0 radical (unpaired) electrons. The van der Waals surface area contributed by atoms with Crippen LogP contribution in [0.25, 0.3) is 5.69 Å². The fraction of sp³-hybridized carbons (Fsp3) is 0.400. The number of nitrogens with one attached hydrogen (secondary N) is 1. The van der Waals surface area contributed by atoms with Crippen LogP contribution in [0.3, 0.4) is 0 Å². The van der Waals surface area contributed by atoms with Gasteiger partial charge in [-0.05, 0) is 43.5 Å². The maximum absolute atomic E-state index is 13.1. The Kier molecular flexibility index (Phi) is 4.33. The lowest BCUT2D eigenvalue weighted by Crippen LogP contribution is -2.27. The minimum Gasteiger partial charge on any atom is -0.385 e. The highest BCUT2D eigenvalue weighted by Crippen LogP contribution is 2.59. The van der Waals surface area contributed by atoms with Crippen LogP contribution in [0.4, 0.5) is 13.2 Å². The van der Waals surface area contributed by atoms with E-state index >= 15 is 0 Å². The molecule has 4 rings (SSSR count). The van der Waals surface area contributed by atoms with Crippen LogP contribution in [0, 0.1) is 5.41 Å². The van der Waals surface area contributed by atoms with Crippen molar-refractivity contribution < 1.29 is 18.3 Å². The lowest BCUT2D eigenvalue weighted by Gasteiger charge is -2.23. The molecule has 0 aliphatic heterocycles. The molecule has 1 aliphatic carbocycles. The van der Waals surface area contributed by atoms with Gasteiger partial charge in [-0.1, -0.05) is 12.1 Å². The number of aromatic nitrogens is 4. The second-order valence-electron chi connectivity index (χ2n) is 7.76. The molecule has 8 heteroatoms. The smallest absolute Gasteiger partial charge is 0.385 e. The maximum Gasteiger partial charge on any atom is 0.394 e. The number of H-pyrrole nitrogens is 1. The summed E-state index contributed by atoms with van der Waals surface area (Å²) in [6.07, 6.45) is 1.15. The number of halogens is 3. The van der Waals surface area contributed by atoms with E-state index in [1.165, 1.54) is 6.20 Å². The van der Waals surface area contributed by atoms with E-state index in [2.05, 4.69) is 15.1 Å². The van der Waals surface area contributed by atoms with Gasteiger partial charge in [-0.25, -0.2) is 9.67 Å². The van der Waals surface area contributed by atoms with Crippen LogP contribution in [0.5, 0.6) is 0 Å². The maximum atomic E-state index is 13.1. The first-order chi connectivity index (χ1) is 13.2. The van der Waals surface area contributed by atoms with Gasteiger partial charge >= 0.3 is 6.18 Å². The Morgan fingerprint density at radius 3 is 2.50 bits per heavy atom. The summed E-state index contributed by atoms with van der Waals surface area (Å²) in [6.45, 7) is 1.66. The average molecular weight is 390 g/mol. The van der Waals surface area contributed by atoms with Gasteiger partial charge in [0.2, 0.25) is 0 Å². The molecule has 1 aromatic carbocycles. The summed E-state index contributed by atoms with van der Waals surface area (Å²) in [5.41, 5.74) is -0.808. The van der Waals surface area contributed by atoms with Gasteiger partial charge in [0, 0.05) is 37.1 Å². The highest BCUT2D eigenvalue weighted by molar-refractivity contribution is 5.36. The zero-order chi connectivity index (χ0) is 20.0. The second-order valence-corrected chi connectivity index (χ2v) is 7.76. The van der Waals surface area contributed by atoms with Crippen LogP contribution in [0.15, 0.2) is 48.9 Å². The number of aromatic amines is 1. The first-order valence-electron chi connectivity index (χ1n) is 9.11. The van der Waals surface area contributed by atoms with Gasteiger partial charge in [0.05, 0.1) is 16.7 Å². The summed E-state index contributed by atoms with van der Waals surface area (Å²) in [7, 11) is 0. The average Bonchev–Trinajstić information content (AvgIpc) is 3.04. The second kappa shape index (κ2) is 6.48. The molecule has 0 saturated heterocycles. The number of hydrogen-bond acceptors (Lipinski definition) is 3. The normalized spacial score (nSPS) is 18.0. The Labute approximate surface area is 160 Å². The van der Waals surface area contributed by atoms with Crippen molar-refractivity contribution in [2.24, 2.45) is 5.41 Å². The summed E-state index contributed by atoms with van der Waals surface area (Å²) in [6, 6.07) is 9.14. The standard InChI is InChI=1S/C20H21F3N4O/c1-18(28,14-3-5-16(6-4-14)27-10-2-9-25-27)12-17-24-13-15(26-17)11-19(7-8-19)20(21,22)23/h2-6,9-10,13,28H,7-8,11-12H2,1H3,(H,24,26)/t18-/m0/s1. The van der Waals surface area contributed by atoms with E-state index in [1.54, 1.807) is 17.8 Å². The first kappa shape index (κ1) is 18.7. The monoisotopic (exact) mass is 390 g/mol. The third-order valence-corrected chi connectivity index (χ3v) is 5.43. The molecule has 0 unspecified atom stereocenters. The number of rotatable bonds is 6. The molecule has 1 fully saturated rings. The fourth-order valence-corrected chi connectivity index (χ4v) is 3.48. The van der Waals surface area contributed by atoms with Gasteiger partial charge < -0.3 is 10.1 Å². The number of hydrogen-bond donors (Lipinski definition) is 2. The van der Waals surface area contributed by atoms with E-state index in [1.807, 2.05) is 36.5 Å². The third-order valence-electron chi connectivity index (χ3n) is 5.43. The van der Waals surface area contributed by atoms with Crippen molar-refractivity contribution in [1.82, 2.24) is 19.7 Å². The molecule has 2 heterocycles. The van der Waals surface area contributed by atoms with Gasteiger partial charge in [-0.3, -0.25) is 0 Å². The number of aliphatic hydroxyl groups is 1. The van der Waals surface area contributed by atoms with Crippen LogP contribution in [0.2, 0.25) is 0 Å². The van der Waals surface area contributed by atoms with Crippen molar-refractivity contribution in [2.45, 2.75) is 44.4 Å². The van der Waals surface area contributed by atoms with Crippen LogP contribution in [-0.2, 0) is 18.4 Å². The van der Waals surface area contributed by atoms with E-state index in [0.717, 1.165) is 5.69 Å². The minimum atomic E-state index is -4.19.